The van der Waals surface area contributed by atoms with E-state index in [0.717, 1.165) is 0 Å². The van der Waals surface area contributed by atoms with E-state index < -0.39 is 6.09 Å². The van der Waals surface area contributed by atoms with Gasteiger partial charge in [-0.3, -0.25) is 4.90 Å². The van der Waals surface area contributed by atoms with Crippen molar-refractivity contribution in [3.8, 4) is 0 Å². The lowest BCUT2D eigenvalue weighted by Gasteiger charge is -2.14. The van der Waals surface area contributed by atoms with E-state index in [1.54, 1.807) is 26.3 Å². The molecule has 0 aliphatic rings. The number of rotatable bonds is 3. The molecule has 1 amide bonds. The highest BCUT2D eigenvalue weighted by Crippen LogP contribution is 2.04. The van der Waals surface area contributed by atoms with Crippen LogP contribution in [0.2, 0.25) is 0 Å². The summed E-state index contributed by atoms with van der Waals surface area (Å²) in [4.78, 5) is 16.5. The molecule has 0 radical (unpaired) electrons. The van der Waals surface area contributed by atoms with Gasteiger partial charge in [0.2, 0.25) is 0 Å². The fourth-order valence-electron chi connectivity index (χ4n) is 0.786. The van der Waals surface area contributed by atoms with Crippen LogP contribution >= 0.6 is 0 Å². The quantitative estimate of drug-likeness (QED) is 0.547. The van der Waals surface area contributed by atoms with Crippen molar-refractivity contribution in [2.24, 2.45) is 4.99 Å². The Morgan fingerprint density at radius 2 is 1.88 bits per heavy atom. The normalized spacial score (nSPS) is 11.2. The van der Waals surface area contributed by atoms with E-state index >= 15 is 0 Å². The maximum absolute atomic E-state index is 11.2. The standard InChI is InChI=1S/C10H16N2O2.C2H6/c1-5-7-8-9(11-6-2)12(3)10(13)14-4;1-2/h5-8H,1-4H3;1-2H3/b7-5-,9-8+,11-6-;. The van der Waals surface area contributed by atoms with E-state index in [2.05, 4.69) is 9.73 Å². The second-order valence-corrected chi connectivity index (χ2v) is 2.47. The van der Waals surface area contributed by atoms with Crippen LogP contribution in [0.1, 0.15) is 27.7 Å². The molecule has 0 aliphatic heterocycles. The van der Waals surface area contributed by atoms with Crippen molar-refractivity contribution in [2.75, 3.05) is 14.2 Å². The third-order valence-electron chi connectivity index (χ3n) is 1.49. The van der Waals surface area contributed by atoms with Gasteiger partial charge >= 0.3 is 6.09 Å². The minimum absolute atomic E-state index is 0.439. The zero-order valence-electron chi connectivity index (χ0n) is 11.0. The van der Waals surface area contributed by atoms with E-state index in [9.17, 15) is 4.79 Å². The van der Waals surface area contributed by atoms with Crippen LogP contribution in [0, 0.1) is 0 Å². The molecule has 0 spiro atoms. The van der Waals surface area contributed by atoms with Gasteiger partial charge in [0.1, 0.15) is 5.82 Å². The first-order chi connectivity index (χ1) is 7.67. The van der Waals surface area contributed by atoms with Gasteiger partial charge in [-0.1, -0.05) is 26.0 Å². The lowest BCUT2D eigenvalue weighted by molar-refractivity contribution is 0.143. The summed E-state index contributed by atoms with van der Waals surface area (Å²) in [5.41, 5.74) is 0. The van der Waals surface area contributed by atoms with E-state index in [0.29, 0.717) is 5.82 Å². The van der Waals surface area contributed by atoms with Crippen LogP contribution in [-0.2, 0) is 4.74 Å². The average molecular weight is 226 g/mol. The Balaban J connectivity index is 0. The summed E-state index contributed by atoms with van der Waals surface area (Å²) in [6, 6.07) is 0. The molecule has 0 aromatic carbocycles. The van der Waals surface area contributed by atoms with Gasteiger partial charge in [-0.25, -0.2) is 9.79 Å². The lowest BCUT2D eigenvalue weighted by Crippen LogP contribution is -2.25. The van der Waals surface area contributed by atoms with Gasteiger partial charge in [0.25, 0.3) is 0 Å². The molecular formula is C12H22N2O2. The number of methoxy groups -OCH3 is 1. The van der Waals surface area contributed by atoms with Gasteiger partial charge in [0.05, 0.1) is 7.11 Å². The molecule has 0 rings (SSSR count). The molecule has 0 heterocycles. The third kappa shape index (κ3) is 6.81. The Morgan fingerprint density at radius 1 is 1.31 bits per heavy atom. The summed E-state index contributed by atoms with van der Waals surface area (Å²) in [5.74, 6) is 0.539. The van der Waals surface area contributed by atoms with E-state index in [1.165, 1.54) is 12.0 Å². The summed E-state index contributed by atoms with van der Waals surface area (Å²) in [6.07, 6.45) is 6.58. The molecule has 92 valence electrons. The fraction of sp³-hybridized carbons (Fsp3) is 0.500. The summed E-state index contributed by atoms with van der Waals surface area (Å²) in [5, 5.41) is 0. The smallest absolute Gasteiger partial charge is 0.414 e. The average Bonchev–Trinajstić information content (AvgIpc) is 2.35. The molecule has 0 fully saturated rings. The Hall–Kier alpha value is -1.58. The molecule has 0 aromatic rings. The highest BCUT2D eigenvalue weighted by Gasteiger charge is 2.10. The number of hydrogen-bond acceptors (Lipinski definition) is 3. The Labute approximate surface area is 98.3 Å². The van der Waals surface area contributed by atoms with Gasteiger partial charge in [0.15, 0.2) is 0 Å². The predicted molar refractivity (Wildman–Crippen MR) is 68.6 cm³/mol. The zero-order chi connectivity index (χ0) is 13.0. The first kappa shape index (κ1) is 16.8. The number of nitrogens with zero attached hydrogens (tertiary/aromatic N) is 2. The van der Waals surface area contributed by atoms with Crippen LogP contribution in [0.4, 0.5) is 4.79 Å². The number of carbonyl (C=O) groups excluding carboxylic acids is 1. The fourth-order valence-corrected chi connectivity index (χ4v) is 0.786. The van der Waals surface area contributed by atoms with Crippen molar-refractivity contribution in [1.82, 2.24) is 4.90 Å². The van der Waals surface area contributed by atoms with E-state index in [4.69, 9.17) is 0 Å². The van der Waals surface area contributed by atoms with E-state index in [1.807, 2.05) is 32.9 Å². The van der Waals surface area contributed by atoms with Crippen molar-refractivity contribution in [2.45, 2.75) is 27.7 Å². The zero-order valence-corrected chi connectivity index (χ0v) is 11.0. The molecular weight excluding hydrogens is 204 g/mol. The molecule has 16 heavy (non-hydrogen) atoms. The Kier molecular flexibility index (Phi) is 12.1. The van der Waals surface area contributed by atoms with Crippen molar-refractivity contribution < 1.29 is 9.53 Å². The first-order valence-corrected chi connectivity index (χ1v) is 5.30. The highest BCUT2D eigenvalue weighted by molar-refractivity contribution is 5.70. The van der Waals surface area contributed by atoms with Crippen LogP contribution < -0.4 is 0 Å². The van der Waals surface area contributed by atoms with Crippen LogP contribution in [0.3, 0.4) is 0 Å². The molecule has 0 bridgehead atoms. The molecule has 0 aliphatic carbocycles. The van der Waals surface area contributed by atoms with Crippen molar-refractivity contribution in [3.05, 3.63) is 24.0 Å². The molecule has 4 heteroatoms. The molecule has 0 saturated heterocycles. The van der Waals surface area contributed by atoms with Gasteiger partial charge in [-0.15, -0.1) is 0 Å². The second kappa shape index (κ2) is 11.5. The molecule has 4 nitrogen and oxygen atoms in total. The maximum Gasteiger partial charge on any atom is 0.414 e. The minimum Gasteiger partial charge on any atom is -0.452 e. The third-order valence-corrected chi connectivity index (χ3v) is 1.49. The lowest BCUT2D eigenvalue weighted by atomic mass is 10.4. The van der Waals surface area contributed by atoms with Crippen molar-refractivity contribution in [3.63, 3.8) is 0 Å². The number of hydrogen-bond donors (Lipinski definition) is 0. The van der Waals surface area contributed by atoms with Gasteiger partial charge in [-0.05, 0) is 19.9 Å². The number of ether oxygens (including phenoxy) is 1. The Bertz CT molecular complexity index is 268. The van der Waals surface area contributed by atoms with Crippen LogP contribution in [0.15, 0.2) is 29.0 Å². The number of aliphatic imine (C=N–C) groups is 1. The minimum atomic E-state index is -0.439. The predicted octanol–water partition coefficient (Wildman–Crippen LogP) is 3.22. The van der Waals surface area contributed by atoms with E-state index in [-0.39, 0.29) is 0 Å². The topological polar surface area (TPSA) is 41.9 Å². The number of allylic oxidation sites excluding steroid dienone is 3. The SMILES string of the molecule is CC.C\C=C/C=C(\N=C/C)N(C)C(=O)OC. The van der Waals surface area contributed by atoms with Gasteiger partial charge in [-0.2, -0.15) is 0 Å². The molecule has 0 N–H and O–H groups in total. The molecule has 0 atom stereocenters. The highest BCUT2D eigenvalue weighted by atomic mass is 16.5. The monoisotopic (exact) mass is 226 g/mol. The van der Waals surface area contributed by atoms with Crippen LogP contribution in [0.5, 0.6) is 0 Å². The maximum atomic E-state index is 11.2. The van der Waals surface area contributed by atoms with Crippen LogP contribution in [0.25, 0.3) is 0 Å². The van der Waals surface area contributed by atoms with Crippen molar-refractivity contribution in [1.29, 1.82) is 0 Å². The number of carbonyl (C=O) groups is 1. The molecule has 0 saturated carbocycles. The largest absolute Gasteiger partial charge is 0.452 e. The molecule has 0 unspecified atom stereocenters. The summed E-state index contributed by atoms with van der Waals surface area (Å²) >= 11 is 0. The van der Waals surface area contributed by atoms with Gasteiger partial charge < -0.3 is 4.74 Å². The summed E-state index contributed by atoms with van der Waals surface area (Å²) in [7, 11) is 2.94. The summed E-state index contributed by atoms with van der Waals surface area (Å²) < 4.78 is 4.57. The number of amides is 1. The second-order valence-electron chi connectivity index (χ2n) is 2.47. The Morgan fingerprint density at radius 3 is 2.25 bits per heavy atom. The van der Waals surface area contributed by atoms with Crippen molar-refractivity contribution >= 4 is 12.3 Å². The van der Waals surface area contributed by atoms with Crippen LogP contribution in [-0.4, -0.2) is 31.4 Å². The summed E-state index contributed by atoms with van der Waals surface area (Å²) in [6.45, 7) is 7.68. The van der Waals surface area contributed by atoms with Gasteiger partial charge in [0, 0.05) is 13.3 Å². The molecule has 0 aromatic heterocycles. The first-order valence-electron chi connectivity index (χ1n) is 5.30.